The number of rotatable bonds is 6. The van der Waals surface area contributed by atoms with Crippen LogP contribution in [-0.4, -0.2) is 10.7 Å². The van der Waals surface area contributed by atoms with E-state index < -0.39 is 0 Å². The molecule has 3 heteroatoms. The third kappa shape index (κ3) is 5.50. The van der Waals surface area contributed by atoms with E-state index in [0.717, 1.165) is 40.4 Å². The summed E-state index contributed by atoms with van der Waals surface area (Å²) in [5.41, 5.74) is 14.0. The van der Waals surface area contributed by atoms with E-state index >= 15 is 0 Å². The van der Waals surface area contributed by atoms with E-state index in [1.807, 2.05) is 0 Å². The van der Waals surface area contributed by atoms with Gasteiger partial charge in [-0.05, 0) is 105 Å². The first-order chi connectivity index (χ1) is 29.2. The first kappa shape index (κ1) is 33.5. The molecule has 0 spiro atoms. The lowest BCUT2D eigenvalue weighted by Gasteiger charge is -2.26. The van der Waals surface area contributed by atoms with Crippen molar-refractivity contribution >= 4 is 66.0 Å². The monoisotopic (exact) mass is 754 g/mol. The second kappa shape index (κ2) is 13.5. The number of hydrogen-bond acceptors (Lipinski definition) is 2. The third-order valence-corrected chi connectivity index (χ3v) is 12.3. The minimum atomic E-state index is 0.0921. The molecule has 2 aliphatic rings. The zero-order valence-corrected chi connectivity index (χ0v) is 32.3. The molecule has 10 aromatic rings. The number of aromatic nitrogens is 1. The lowest BCUT2D eigenvalue weighted by Crippen LogP contribution is -2.12. The average molecular weight is 755 g/mol. The maximum absolute atomic E-state index is 6.57. The topological polar surface area (TPSA) is 17.4 Å². The molecule has 0 N–H and O–H groups in total. The molecule has 12 rings (SSSR count). The molecule has 0 fully saturated rings. The predicted molar refractivity (Wildman–Crippen MR) is 247 cm³/mol. The number of ether oxygens (including phenoxy) is 1. The minimum Gasteiger partial charge on any atom is -0.484 e. The first-order valence-electron chi connectivity index (χ1n) is 20.4. The van der Waals surface area contributed by atoms with Gasteiger partial charge < -0.3 is 14.2 Å². The van der Waals surface area contributed by atoms with Crippen molar-refractivity contribution in [1.82, 2.24) is 4.57 Å². The smallest absolute Gasteiger partial charge is 0.135 e. The Bertz CT molecular complexity index is 3320. The van der Waals surface area contributed by atoms with Crippen LogP contribution in [0.2, 0.25) is 0 Å². The van der Waals surface area contributed by atoms with E-state index in [4.69, 9.17) is 4.74 Å². The summed E-state index contributed by atoms with van der Waals surface area (Å²) in [6.45, 7) is 0. The molecule has 1 aliphatic heterocycles. The molecule has 278 valence electrons. The van der Waals surface area contributed by atoms with E-state index in [1.54, 1.807) is 0 Å². The van der Waals surface area contributed by atoms with Crippen molar-refractivity contribution in [3.63, 3.8) is 0 Å². The molecule has 3 nitrogen and oxygen atoms in total. The fourth-order valence-electron chi connectivity index (χ4n) is 9.42. The lowest BCUT2D eigenvalue weighted by molar-refractivity contribution is 0.280. The van der Waals surface area contributed by atoms with Gasteiger partial charge in [-0.2, -0.15) is 0 Å². The summed E-state index contributed by atoms with van der Waals surface area (Å²) in [6.07, 6.45) is 7.53. The number of para-hydroxylation sites is 3. The van der Waals surface area contributed by atoms with Crippen LogP contribution in [-0.2, 0) is 0 Å². The molecule has 59 heavy (non-hydrogen) atoms. The fraction of sp³-hybridized carbons (Fsp3) is 0.0357. The highest BCUT2D eigenvalue weighted by molar-refractivity contribution is 6.11. The zero-order valence-electron chi connectivity index (χ0n) is 32.3. The van der Waals surface area contributed by atoms with Crippen LogP contribution >= 0.6 is 0 Å². The number of nitrogens with zero attached hydrogens (tertiary/aromatic N) is 2. The Morgan fingerprint density at radius 2 is 1.10 bits per heavy atom. The molecule has 0 saturated carbocycles. The molecule has 0 amide bonds. The highest BCUT2D eigenvalue weighted by atomic mass is 16.5. The van der Waals surface area contributed by atoms with Crippen molar-refractivity contribution in [1.29, 1.82) is 0 Å². The number of allylic oxidation sites excluding steroid dienone is 2. The summed E-state index contributed by atoms with van der Waals surface area (Å²) in [6, 6.07) is 70.7. The summed E-state index contributed by atoms with van der Waals surface area (Å²) in [5.74, 6) is 0.983. The molecule has 9 aromatic carbocycles. The first-order valence-corrected chi connectivity index (χ1v) is 20.4. The molecular formula is C56H38N2O. The van der Waals surface area contributed by atoms with Gasteiger partial charge in [0.2, 0.25) is 0 Å². The van der Waals surface area contributed by atoms with Crippen molar-refractivity contribution in [2.75, 3.05) is 4.90 Å². The molecule has 1 atom stereocenters. The van der Waals surface area contributed by atoms with Gasteiger partial charge in [0.15, 0.2) is 0 Å². The second-order valence-corrected chi connectivity index (χ2v) is 15.6. The van der Waals surface area contributed by atoms with Gasteiger partial charge in [-0.25, -0.2) is 0 Å². The van der Waals surface area contributed by atoms with E-state index in [0.29, 0.717) is 0 Å². The summed E-state index contributed by atoms with van der Waals surface area (Å²) in [7, 11) is 0. The van der Waals surface area contributed by atoms with Gasteiger partial charge >= 0.3 is 0 Å². The number of fused-ring (bicyclic) bond motifs is 9. The van der Waals surface area contributed by atoms with Gasteiger partial charge in [0, 0.05) is 56.6 Å². The van der Waals surface area contributed by atoms with Crippen molar-refractivity contribution < 1.29 is 4.74 Å². The molecule has 0 radical (unpaired) electrons. The normalized spacial score (nSPS) is 14.4. The van der Waals surface area contributed by atoms with Gasteiger partial charge in [0.1, 0.15) is 11.9 Å². The molecular weight excluding hydrogens is 717 g/mol. The Morgan fingerprint density at radius 1 is 0.458 bits per heavy atom. The van der Waals surface area contributed by atoms with Crippen LogP contribution in [0.1, 0.15) is 12.0 Å². The largest absolute Gasteiger partial charge is 0.484 e. The van der Waals surface area contributed by atoms with Crippen LogP contribution in [0.25, 0.3) is 76.9 Å². The summed E-state index contributed by atoms with van der Waals surface area (Å²) >= 11 is 0. The van der Waals surface area contributed by atoms with Crippen molar-refractivity contribution in [3.8, 4) is 33.7 Å². The van der Waals surface area contributed by atoms with E-state index in [-0.39, 0.29) is 6.10 Å². The standard InChI is InChI=1S/C56H38N2O/c1-2-12-42(13-3-1)58-53-19-8-6-15-48(53)52-35-41(28-34-54(52)58)37-23-29-43(30-24-37)57(45-33-27-40-22-21-38-11-4-5-14-46(38)51(40)36-45)44-31-25-39(26-32-44)47-17-10-18-50-49-16-7-9-20-55(49)59-56(47)50/h1-19,21-36,55H,20H2. The van der Waals surface area contributed by atoms with Crippen molar-refractivity contribution in [2.24, 2.45) is 0 Å². The average Bonchev–Trinajstić information content (AvgIpc) is 3.86. The molecule has 2 heterocycles. The molecule has 1 unspecified atom stereocenters. The van der Waals surface area contributed by atoms with Crippen LogP contribution in [0.5, 0.6) is 5.75 Å². The minimum absolute atomic E-state index is 0.0921. The maximum Gasteiger partial charge on any atom is 0.135 e. The van der Waals surface area contributed by atoms with Gasteiger partial charge in [0.25, 0.3) is 0 Å². The molecule has 1 aromatic heterocycles. The fourth-order valence-corrected chi connectivity index (χ4v) is 9.42. The van der Waals surface area contributed by atoms with Gasteiger partial charge in [0.05, 0.1) is 11.0 Å². The van der Waals surface area contributed by atoms with Crippen LogP contribution < -0.4 is 9.64 Å². The Balaban J connectivity index is 0.958. The van der Waals surface area contributed by atoms with E-state index in [9.17, 15) is 0 Å². The van der Waals surface area contributed by atoms with Gasteiger partial charge in [-0.3, -0.25) is 0 Å². The van der Waals surface area contributed by atoms with Crippen LogP contribution in [0, 0.1) is 0 Å². The van der Waals surface area contributed by atoms with Gasteiger partial charge in [-0.15, -0.1) is 0 Å². The third-order valence-electron chi connectivity index (χ3n) is 12.3. The molecule has 0 bridgehead atoms. The Morgan fingerprint density at radius 3 is 1.93 bits per heavy atom. The van der Waals surface area contributed by atoms with Crippen molar-refractivity contribution in [2.45, 2.75) is 12.5 Å². The summed E-state index contributed by atoms with van der Waals surface area (Å²) in [5, 5.41) is 7.46. The van der Waals surface area contributed by atoms with Crippen LogP contribution in [0.4, 0.5) is 17.1 Å². The molecule has 1 aliphatic carbocycles. The maximum atomic E-state index is 6.57. The second-order valence-electron chi connectivity index (χ2n) is 15.6. The van der Waals surface area contributed by atoms with Crippen LogP contribution in [0.3, 0.4) is 0 Å². The highest BCUT2D eigenvalue weighted by Gasteiger charge is 2.31. The van der Waals surface area contributed by atoms with E-state index in [1.165, 1.54) is 71.3 Å². The quantitative estimate of drug-likeness (QED) is 0.157. The zero-order chi connectivity index (χ0) is 38.9. The van der Waals surface area contributed by atoms with Gasteiger partial charge in [-0.1, -0.05) is 146 Å². The summed E-state index contributed by atoms with van der Waals surface area (Å²) in [4.78, 5) is 2.38. The highest BCUT2D eigenvalue weighted by Crippen LogP contribution is 2.47. The van der Waals surface area contributed by atoms with Crippen molar-refractivity contribution in [3.05, 3.63) is 218 Å². The number of benzene rings is 9. The predicted octanol–water partition coefficient (Wildman–Crippen LogP) is 15.0. The number of anilines is 3. The van der Waals surface area contributed by atoms with E-state index in [2.05, 4.69) is 222 Å². The Kier molecular flexibility index (Phi) is 7.67. The Hall–Kier alpha value is -7.62. The Labute approximate surface area is 343 Å². The lowest BCUT2D eigenvalue weighted by atomic mass is 9.94. The SMILES string of the molecule is C1=CCC2Oc3c(cccc3-c3ccc(N(c4ccc(-c5ccc6c(c5)c5ccccc5n6-c5ccccc5)cc4)c4ccc5ccc6ccccc6c5c4)cc3)C2=C1. The summed E-state index contributed by atoms with van der Waals surface area (Å²) < 4.78 is 8.94. The molecule has 0 saturated heterocycles. The number of hydrogen-bond donors (Lipinski definition) is 0. The van der Waals surface area contributed by atoms with Crippen LogP contribution in [0.15, 0.2) is 212 Å².